The molecule has 1 N–H and O–H groups in total. The van der Waals surface area contributed by atoms with Crippen molar-refractivity contribution in [1.29, 1.82) is 5.26 Å². The minimum Gasteiger partial charge on any atom is -0.481 e. The number of carbonyl (C=O) groups is 2. The second-order valence-corrected chi connectivity index (χ2v) is 4.79. The maximum Gasteiger partial charge on any atom is 0.307 e. The molecule has 0 saturated heterocycles. The van der Waals surface area contributed by atoms with Gasteiger partial charge in [0, 0.05) is 13.6 Å². The van der Waals surface area contributed by atoms with Gasteiger partial charge in [-0.2, -0.15) is 5.26 Å². The molecule has 1 saturated carbocycles. The van der Waals surface area contributed by atoms with Gasteiger partial charge in [-0.05, 0) is 24.1 Å². The lowest BCUT2D eigenvalue weighted by molar-refractivity contribution is -0.141. The van der Waals surface area contributed by atoms with Crippen molar-refractivity contribution < 1.29 is 14.7 Å². The first kappa shape index (κ1) is 13.1. The third kappa shape index (κ3) is 2.91. The minimum absolute atomic E-state index is 0.128. The Morgan fingerprint density at radius 3 is 2.47 bits per heavy atom. The molecule has 1 amide bonds. The third-order valence-corrected chi connectivity index (χ3v) is 3.30. The van der Waals surface area contributed by atoms with Gasteiger partial charge in [-0.3, -0.25) is 9.59 Å². The number of nitrogens with zero attached hydrogens (tertiary/aromatic N) is 2. The highest BCUT2D eigenvalue weighted by molar-refractivity contribution is 5.89. The van der Waals surface area contributed by atoms with Gasteiger partial charge >= 0.3 is 5.97 Å². The molecule has 1 aliphatic carbocycles. The Hall–Kier alpha value is -2.35. The molecule has 2 rings (SSSR count). The molecule has 0 spiro atoms. The summed E-state index contributed by atoms with van der Waals surface area (Å²) in [5.41, 5.74) is 1.49. The van der Waals surface area contributed by atoms with Crippen LogP contribution in [0.15, 0.2) is 24.3 Å². The summed E-state index contributed by atoms with van der Waals surface area (Å²) < 4.78 is 0. The van der Waals surface area contributed by atoms with Crippen LogP contribution in [0.25, 0.3) is 0 Å². The Morgan fingerprint density at radius 2 is 2.00 bits per heavy atom. The Labute approximate surface area is 111 Å². The summed E-state index contributed by atoms with van der Waals surface area (Å²) in [6.07, 6.45) is 0.436. The standard InChI is InChI=1S/C14H14N2O3/c1-16(13(17)11-6-12(11)14(18)19)8-10-4-2-9(7-15)3-5-10/h2-5,11-12H,6,8H2,1H3,(H,18,19). The molecule has 1 aliphatic rings. The number of aliphatic carboxylic acids is 1. The number of nitriles is 1. The first-order valence-corrected chi connectivity index (χ1v) is 5.99. The van der Waals surface area contributed by atoms with Crippen LogP contribution in [0.4, 0.5) is 0 Å². The van der Waals surface area contributed by atoms with Crippen LogP contribution in [0.2, 0.25) is 0 Å². The Bertz CT molecular complexity index is 545. The maximum absolute atomic E-state index is 12.0. The number of amides is 1. The summed E-state index contributed by atoms with van der Waals surface area (Å²) in [4.78, 5) is 24.2. The van der Waals surface area contributed by atoms with E-state index in [0.717, 1.165) is 5.56 Å². The van der Waals surface area contributed by atoms with E-state index in [1.807, 2.05) is 6.07 Å². The summed E-state index contributed by atoms with van der Waals surface area (Å²) in [5, 5.41) is 17.5. The fourth-order valence-electron chi connectivity index (χ4n) is 2.06. The van der Waals surface area contributed by atoms with Crippen molar-refractivity contribution in [1.82, 2.24) is 4.90 Å². The van der Waals surface area contributed by atoms with Crippen molar-refractivity contribution in [3.8, 4) is 6.07 Å². The predicted molar refractivity (Wildman–Crippen MR) is 66.9 cm³/mol. The molecular formula is C14H14N2O3. The molecule has 19 heavy (non-hydrogen) atoms. The summed E-state index contributed by atoms with van der Waals surface area (Å²) in [6.45, 7) is 0.424. The van der Waals surface area contributed by atoms with Crippen LogP contribution in [0, 0.1) is 23.2 Å². The molecule has 98 valence electrons. The fraction of sp³-hybridized carbons (Fsp3) is 0.357. The van der Waals surface area contributed by atoms with E-state index < -0.39 is 11.9 Å². The molecule has 2 atom stereocenters. The van der Waals surface area contributed by atoms with Gasteiger partial charge < -0.3 is 10.0 Å². The van der Waals surface area contributed by atoms with E-state index in [9.17, 15) is 9.59 Å². The van der Waals surface area contributed by atoms with E-state index in [4.69, 9.17) is 10.4 Å². The number of benzene rings is 1. The van der Waals surface area contributed by atoms with Crippen LogP contribution >= 0.6 is 0 Å². The van der Waals surface area contributed by atoms with Crippen LogP contribution in [-0.4, -0.2) is 28.9 Å². The number of rotatable bonds is 4. The van der Waals surface area contributed by atoms with Gasteiger partial charge in [0.2, 0.25) is 5.91 Å². The molecule has 5 nitrogen and oxygen atoms in total. The number of hydrogen-bond acceptors (Lipinski definition) is 3. The van der Waals surface area contributed by atoms with E-state index in [0.29, 0.717) is 18.5 Å². The summed E-state index contributed by atoms with van der Waals surface area (Å²) >= 11 is 0. The Morgan fingerprint density at radius 1 is 1.37 bits per heavy atom. The lowest BCUT2D eigenvalue weighted by Gasteiger charge is -2.17. The molecule has 0 heterocycles. The summed E-state index contributed by atoms with van der Waals surface area (Å²) in [5.74, 6) is -1.92. The number of carboxylic acids is 1. The molecule has 0 radical (unpaired) electrons. The van der Waals surface area contributed by atoms with Crippen molar-refractivity contribution in [2.45, 2.75) is 13.0 Å². The third-order valence-electron chi connectivity index (χ3n) is 3.30. The Kier molecular flexibility index (Phi) is 3.52. The first-order chi connectivity index (χ1) is 9.02. The largest absolute Gasteiger partial charge is 0.481 e. The zero-order chi connectivity index (χ0) is 14.0. The van der Waals surface area contributed by atoms with Crippen LogP contribution in [-0.2, 0) is 16.1 Å². The second-order valence-electron chi connectivity index (χ2n) is 4.79. The number of carboxylic acid groups (broad SMARTS) is 1. The van der Waals surface area contributed by atoms with E-state index in [2.05, 4.69) is 0 Å². The van der Waals surface area contributed by atoms with Crippen molar-refractivity contribution in [2.24, 2.45) is 11.8 Å². The minimum atomic E-state index is -0.898. The first-order valence-electron chi connectivity index (χ1n) is 5.99. The van der Waals surface area contributed by atoms with E-state index in [1.165, 1.54) is 4.90 Å². The quantitative estimate of drug-likeness (QED) is 0.880. The van der Waals surface area contributed by atoms with Crippen LogP contribution in [0.3, 0.4) is 0 Å². The molecular weight excluding hydrogens is 244 g/mol. The van der Waals surface area contributed by atoms with E-state index in [1.54, 1.807) is 31.3 Å². The SMILES string of the molecule is CN(Cc1ccc(C#N)cc1)C(=O)C1CC1C(=O)O. The van der Waals surface area contributed by atoms with Crippen LogP contribution < -0.4 is 0 Å². The molecule has 0 aromatic heterocycles. The lowest BCUT2D eigenvalue weighted by Crippen LogP contribution is -2.28. The van der Waals surface area contributed by atoms with Gasteiger partial charge in [0.15, 0.2) is 0 Å². The molecule has 0 bridgehead atoms. The summed E-state index contributed by atoms with van der Waals surface area (Å²) in [6, 6.07) is 9.02. The van der Waals surface area contributed by atoms with Crippen molar-refractivity contribution in [3.05, 3.63) is 35.4 Å². The van der Waals surface area contributed by atoms with Gasteiger partial charge in [-0.25, -0.2) is 0 Å². The highest BCUT2D eigenvalue weighted by Crippen LogP contribution is 2.40. The van der Waals surface area contributed by atoms with Gasteiger partial charge in [-0.1, -0.05) is 12.1 Å². The topological polar surface area (TPSA) is 81.4 Å². The highest BCUT2D eigenvalue weighted by Gasteiger charge is 2.49. The zero-order valence-electron chi connectivity index (χ0n) is 10.5. The zero-order valence-corrected chi connectivity index (χ0v) is 10.5. The number of hydrogen-bond donors (Lipinski definition) is 1. The summed E-state index contributed by atoms with van der Waals surface area (Å²) in [7, 11) is 1.66. The number of carbonyl (C=O) groups excluding carboxylic acids is 1. The maximum atomic E-state index is 12.0. The average Bonchev–Trinajstić information content (AvgIpc) is 3.19. The molecule has 1 aromatic rings. The molecule has 5 heteroatoms. The lowest BCUT2D eigenvalue weighted by atomic mass is 10.1. The van der Waals surface area contributed by atoms with Gasteiger partial charge in [0.25, 0.3) is 0 Å². The van der Waals surface area contributed by atoms with Crippen LogP contribution in [0.5, 0.6) is 0 Å². The molecule has 1 fully saturated rings. The normalized spacial score (nSPS) is 20.4. The molecule has 1 aromatic carbocycles. The van der Waals surface area contributed by atoms with Crippen molar-refractivity contribution >= 4 is 11.9 Å². The van der Waals surface area contributed by atoms with Gasteiger partial charge in [-0.15, -0.1) is 0 Å². The second kappa shape index (κ2) is 5.11. The molecule has 2 unspecified atom stereocenters. The van der Waals surface area contributed by atoms with Gasteiger partial charge in [0.05, 0.1) is 23.5 Å². The molecule has 0 aliphatic heterocycles. The fourth-order valence-corrected chi connectivity index (χ4v) is 2.06. The predicted octanol–water partition coefficient (Wildman–Crippen LogP) is 1.24. The highest BCUT2D eigenvalue weighted by atomic mass is 16.4. The monoisotopic (exact) mass is 258 g/mol. The van der Waals surface area contributed by atoms with E-state index in [-0.39, 0.29) is 11.8 Å². The van der Waals surface area contributed by atoms with Crippen molar-refractivity contribution in [2.75, 3.05) is 7.05 Å². The average molecular weight is 258 g/mol. The Balaban J connectivity index is 1.94. The van der Waals surface area contributed by atoms with Crippen molar-refractivity contribution in [3.63, 3.8) is 0 Å². The van der Waals surface area contributed by atoms with E-state index >= 15 is 0 Å². The van der Waals surface area contributed by atoms with Gasteiger partial charge in [0.1, 0.15) is 0 Å². The smallest absolute Gasteiger partial charge is 0.307 e. The van der Waals surface area contributed by atoms with Crippen LogP contribution in [0.1, 0.15) is 17.5 Å².